The zero-order valence-electron chi connectivity index (χ0n) is 13.0. The van der Waals surface area contributed by atoms with Crippen molar-refractivity contribution in [1.82, 2.24) is 5.43 Å². The highest BCUT2D eigenvalue weighted by Crippen LogP contribution is 2.43. The summed E-state index contributed by atoms with van der Waals surface area (Å²) >= 11 is 0. The van der Waals surface area contributed by atoms with Crippen LogP contribution in [0.5, 0.6) is 11.5 Å². The van der Waals surface area contributed by atoms with Gasteiger partial charge in [-0.2, -0.15) is 0 Å². The second kappa shape index (κ2) is 5.85. The fraction of sp³-hybridized carbons (Fsp3) is 0.647. The lowest BCUT2D eigenvalue weighted by Gasteiger charge is -2.38. The molecule has 1 aliphatic heterocycles. The Morgan fingerprint density at radius 3 is 2.48 bits per heavy atom. The summed E-state index contributed by atoms with van der Waals surface area (Å²) in [5.41, 5.74) is 4.70. The van der Waals surface area contributed by atoms with Gasteiger partial charge in [-0.05, 0) is 54.7 Å². The first-order valence-electron chi connectivity index (χ1n) is 7.95. The Balaban J connectivity index is 1.77. The maximum absolute atomic E-state index is 5.86. The van der Waals surface area contributed by atoms with Gasteiger partial charge in [0.15, 0.2) is 11.5 Å². The van der Waals surface area contributed by atoms with Crippen molar-refractivity contribution in [2.75, 3.05) is 13.2 Å². The minimum atomic E-state index is 0.192. The van der Waals surface area contributed by atoms with Crippen LogP contribution in [0.2, 0.25) is 0 Å². The molecule has 0 saturated heterocycles. The maximum Gasteiger partial charge on any atom is 0.161 e. The number of nitrogens with one attached hydrogen (secondary N) is 1. The molecule has 4 heteroatoms. The van der Waals surface area contributed by atoms with Crippen LogP contribution in [-0.2, 0) is 0 Å². The molecular weight excluding hydrogens is 264 g/mol. The lowest BCUT2D eigenvalue weighted by Crippen LogP contribution is -2.36. The minimum absolute atomic E-state index is 0.192. The summed E-state index contributed by atoms with van der Waals surface area (Å²) in [6, 6.07) is 6.38. The lowest BCUT2D eigenvalue weighted by atomic mass is 9.70. The van der Waals surface area contributed by atoms with Gasteiger partial charge >= 0.3 is 0 Å². The highest BCUT2D eigenvalue weighted by Gasteiger charge is 2.32. The van der Waals surface area contributed by atoms with E-state index in [1.807, 2.05) is 6.07 Å². The average molecular weight is 290 g/mol. The van der Waals surface area contributed by atoms with Gasteiger partial charge in [-0.1, -0.05) is 19.9 Å². The highest BCUT2D eigenvalue weighted by molar-refractivity contribution is 5.44. The van der Waals surface area contributed by atoms with E-state index in [-0.39, 0.29) is 6.04 Å². The molecule has 1 aliphatic carbocycles. The van der Waals surface area contributed by atoms with Gasteiger partial charge in [0.05, 0.1) is 0 Å². The summed E-state index contributed by atoms with van der Waals surface area (Å²) in [6.07, 6.45) is 4.97. The number of hydrogen-bond donors (Lipinski definition) is 2. The summed E-state index contributed by atoms with van der Waals surface area (Å²) in [6.45, 7) is 5.97. The predicted molar refractivity (Wildman–Crippen MR) is 83.2 cm³/mol. The van der Waals surface area contributed by atoms with Gasteiger partial charge in [0.1, 0.15) is 13.2 Å². The molecule has 2 aliphatic rings. The largest absolute Gasteiger partial charge is 0.486 e. The standard InChI is InChI=1S/C17H26N2O2/c1-17(2)7-5-12(6-8-17)16(19-18)13-3-4-14-15(11-13)21-10-9-20-14/h3-4,11-12,16,19H,5-10,18H2,1-2H3. The lowest BCUT2D eigenvalue weighted by molar-refractivity contribution is 0.159. The Hall–Kier alpha value is -1.26. The van der Waals surface area contributed by atoms with Crippen molar-refractivity contribution in [3.8, 4) is 11.5 Å². The quantitative estimate of drug-likeness (QED) is 0.663. The number of benzene rings is 1. The first kappa shape index (κ1) is 14.7. The van der Waals surface area contributed by atoms with Crippen LogP contribution in [0, 0.1) is 11.3 Å². The summed E-state index contributed by atoms with van der Waals surface area (Å²) < 4.78 is 11.3. The van der Waals surface area contributed by atoms with E-state index in [1.165, 1.54) is 31.2 Å². The topological polar surface area (TPSA) is 56.5 Å². The van der Waals surface area contributed by atoms with Crippen LogP contribution in [0.15, 0.2) is 18.2 Å². The van der Waals surface area contributed by atoms with E-state index >= 15 is 0 Å². The predicted octanol–water partition coefficient (Wildman–Crippen LogP) is 3.18. The molecule has 21 heavy (non-hydrogen) atoms. The molecule has 1 atom stereocenters. The molecule has 4 nitrogen and oxygen atoms in total. The van der Waals surface area contributed by atoms with Crippen molar-refractivity contribution >= 4 is 0 Å². The van der Waals surface area contributed by atoms with Crippen LogP contribution >= 0.6 is 0 Å². The number of hydrogen-bond acceptors (Lipinski definition) is 4. The second-order valence-electron chi connectivity index (χ2n) is 7.05. The monoisotopic (exact) mass is 290 g/mol. The van der Waals surface area contributed by atoms with Gasteiger partial charge in [0, 0.05) is 6.04 Å². The van der Waals surface area contributed by atoms with Gasteiger partial charge in [-0.3, -0.25) is 11.3 Å². The van der Waals surface area contributed by atoms with Crippen LogP contribution in [0.1, 0.15) is 51.1 Å². The Morgan fingerprint density at radius 2 is 1.81 bits per heavy atom. The first-order valence-corrected chi connectivity index (χ1v) is 7.95. The van der Waals surface area contributed by atoms with Crippen molar-refractivity contribution in [2.24, 2.45) is 17.2 Å². The first-order chi connectivity index (χ1) is 10.1. The van der Waals surface area contributed by atoms with Gasteiger partial charge in [0.2, 0.25) is 0 Å². The fourth-order valence-corrected chi connectivity index (χ4v) is 3.51. The molecule has 116 valence electrons. The summed E-state index contributed by atoms with van der Waals surface area (Å²) in [7, 11) is 0. The molecule has 3 rings (SSSR count). The Labute approximate surface area is 127 Å². The van der Waals surface area contributed by atoms with E-state index in [0.717, 1.165) is 11.5 Å². The van der Waals surface area contributed by atoms with Gasteiger partial charge in [-0.15, -0.1) is 0 Å². The molecule has 0 bridgehead atoms. The van der Waals surface area contributed by atoms with E-state index in [1.54, 1.807) is 0 Å². The molecule has 0 radical (unpaired) electrons. The van der Waals surface area contributed by atoms with Crippen molar-refractivity contribution < 1.29 is 9.47 Å². The molecule has 0 amide bonds. The van der Waals surface area contributed by atoms with Crippen LogP contribution in [0.25, 0.3) is 0 Å². The molecule has 1 heterocycles. The normalized spacial score (nSPS) is 22.8. The van der Waals surface area contributed by atoms with Crippen molar-refractivity contribution in [1.29, 1.82) is 0 Å². The molecular formula is C17H26N2O2. The third kappa shape index (κ3) is 3.16. The van der Waals surface area contributed by atoms with E-state index in [9.17, 15) is 0 Å². The summed E-state index contributed by atoms with van der Waals surface area (Å²) in [4.78, 5) is 0. The molecule has 0 aromatic heterocycles. The molecule has 1 aromatic carbocycles. The van der Waals surface area contributed by atoms with Crippen molar-refractivity contribution in [2.45, 2.75) is 45.6 Å². The third-order valence-electron chi connectivity index (χ3n) is 4.96. The van der Waals surface area contributed by atoms with Gasteiger partial charge in [-0.25, -0.2) is 0 Å². The van der Waals surface area contributed by atoms with E-state index < -0.39 is 0 Å². The Morgan fingerprint density at radius 1 is 1.14 bits per heavy atom. The number of ether oxygens (including phenoxy) is 2. The molecule has 1 fully saturated rings. The van der Waals surface area contributed by atoms with Crippen molar-refractivity contribution in [3.05, 3.63) is 23.8 Å². The highest BCUT2D eigenvalue weighted by atomic mass is 16.6. The molecule has 3 N–H and O–H groups in total. The number of fused-ring (bicyclic) bond motifs is 1. The van der Waals surface area contributed by atoms with Crippen LogP contribution in [0.3, 0.4) is 0 Å². The zero-order chi connectivity index (χ0) is 14.9. The number of hydrazine groups is 1. The Kier molecular flexibility index (Phi) is 4.09. The molecule has 1 unspecified atom stereocenters. The van der Waals surface area contributed by atoms with Crippen molar-refractivity contribution in [3.63, 3.8) is 0 Å². The molecule has 1 aromatic rings. The van der Waals surface area contributed by atoms with Crippen LogP contribution in [-0.4, -0.2) is 13.2 Å². The van der Waals surface area contributed by atoms with Gasteiger partial charge < -0.3 is 9.47 Å². The van der Waals surface area contributed by atoms with Gasteiger partial charge in [0.25, 0.3) is 0 Å². The number of rotatable bonds is 3. The van der Waals surface area contributed by atoms with Crippen LogP contribution < -0.4 is 20.7 Å². The Bertz CT molecular complexity index is 492. The third-order valence-corrected chi connectivity index (χ3v) is 4.96. The maximum atomic E-state index is 5.86. The smallest absolute Gasteiger partial charge is 0.161 e. The molecule has 1 saturated carbocycles. The van der Waals surface area contributed by atoms with Crippen LogP contribution in [0.4, 0.5) is 0 Å². The zero-order valence-corrected chi connectivity index (χ0v) is 13.0. The minimum Gasteiger partial charge on any atom is -0.486 e. The average Bonchev–Trinajstić information content (AvgIpc) is 2.49. The van der Waals surface area contributed by atoms with E-state index in [2.05, 4.69) is 31.4 Å². The second-order valence-corrected chi connectivity index (χ2v) is 7.05. The fourth-order valence-electron chi connectivity index (χ4n) is 3.51. The SMILES string of the molecule is CC1(C)CCC(C(NN)c2ccc3c(c2)OCCO3)CC1. The summed E-state index contributed by atoms with van der Waals surface area (Å²) in [5, 5.41) is 0. The van der Waals surface area contributed by atoms with E-state index in [0.29, 0.717) is 24.5 Å². The number of nitrogens with two attached hydrogens (primary N) is 1. The van der Waals surface area contributed by atoms with E-state index in [4.69, 9.17) is 15.3 Å². The molecule has 0 spiro atoms. The summed E-state index contributed by atoms with van der Waals surface area (Å²) in [5.74, 6) is 8.13.